The number of thioether (sulfide) groups is 1. The van der Waals surface area contributed by atoms with Crippen LogP contribution in [0.25, 0.3) is 11.3 Å². The second kappa shape index (κ2) is 11.5. The molecule has 4 aromatic rings. The monoisotopic (exact) mass is 591 g/mol. The summed E-state index contributed by atoms with van der Waals surface area (Å²) in [7, 11) is 0. The molecule has 0 bridgehead atoms. The summed E-state index contributed by atoms with van der Waals surface area (Å²) >= 11 is 5.10. The lowest BCUT2D eigenvalue weighted by Gasteiger charge is -2.32. The number of hydrogen-bond acceptors (Lipinski definition) is 5. The Bertz CT molecular complexity index is 1530. The van der Waals surface area contributed by atoms with Gasteiger partial charge in [0.15, 0.2) is 0 Å². The van der Waals surface area contributed by atoms with Gasteiger partial charge in [-0.2, -0.15) is 0 Å². The maximum atomic E-state index is 13.5. The van der Waals surface area contributed by atoms with Crippen molar-refractivity contribution in [2.24, 2.45) is 0 Å². The molecule has 2 heterocycles. The number of nitrogens with zero attached hydrogens (tertiary/aromatic N) is 3. The van der Waals surface area contributed by atoms with Crippen LogP contribution in [0, 0.1) is 0 Å². The molecule has 3 aromatic carbocycles. The number of rotatable bonds is 8. The van der Waals surface area contributed by atoms with E-state index in [4.69, 9.17) is 9.84 Å². The molecule has 5 rings (SSSR count). The second-order valence-electron chi connectivity index (χ2n) is 8.99. The van der Waals surface area contributed by atoms with Gasteiger partial charge in [0, 0.05) is 22.2 Å². The molecule has 0 saturated heterocycles. The third kappa shape index (κ3) is 5.26. The number of carbonyl (C=O) groups excluding carboxylic acids is 1. The number of para-hydroxylation sites is 1. The SMILES string of the molecule is CCCCSc1n[n+]2c(c(=O)[nH]1)-c1ccccc1N(C(C)=O)C2c1cc(Br)ccc1OCc1ccccc1. The summed E-state index contributed by atoms with van der Waals surface area (Å²) in [4.78, 5) is 31.4. The predicted molar refractivity (Wildman–Crippen MR) is 152 cm³/mol. The number of halogens is 1. The molecule has 1 N–H and O–H groups in total. The second-order valence-corrected chi connectivity index (χ2v) is 11.0. The van der Waals surface area contributed by atoms with Crippen LogP contribution < -0.4 is 19.9 Å². The van der Waals surface area contributed by atoms with Crippen molar-refractivity contribution in [1.29, 1.82) is 0 Å². The first-order chi connectivity index (χ1) is 18.5. The summed E-state index contributed by atoms with van der Waals surface area (Å²) in [6.07, 6.45) is 1.32. The van der Waals surface area contributed by atoms with Crippen molar-refractivity contribution in [2.45, 2.75) is 44.6 Å². The van der Waals surface area contributed by atoms with Gasteiger partial charge in [-0.3, -0.25) is 14.6 Å². The zero-order valence-electron chi connectivity index (χ0n) is 21.2. The molecule has 7 nitrogen and oxygen atoms in total. The van der Waals surface area contributed by atoms with Crippen LogP contribution in [0.5, 0.6) is 5.75 Å². The van der Waals surface area contributed by atoms with Gasteiger partial charge in [0.25, 0.3) is 6.17 Å². The highest BCUT2D eigenvalue weighted by Gasteiger charge is 2.46. The van der Waals surface area contributed by atoms with E-state index in [2.05, 4.69) is 27.8 Å². The van der Waals surface area contributed by atoms with Crippen LogP contribution in [0.3, 0.4) is 0 Å². The minimum absolute atomic E-state index is 0.170. The quantitative estimate of drug-likeness (QED) is 0.157. The zero-order chi connectivity index (χ0) is 26.6. The van der Waals surface area contributed by atoms with Crippen molar-refractivity contribution < 1.29 is 14.2 Å². The van der Waals surface area contributed by atoms with Crippen molar-refractivity contribution in [2.75, 3.05) is 10.7 Å². The molecule has 1 amide bonds. The first-order valence-electron chi connectivity index (χ1n) is 12.5. The van der Waals surface area contributed by atoms with Gasteiger partial charge in [0.1, 0.15) is 12.4 Å². The number of aromatic amines is 1. The first-order valence-corrected chi connectivity index (χ1v) is 14.3. The molecule has 1 atom stereocenters. The normalized spacial score (nSPS) is 14.1. The van der Waals surface area contributed by atoms with Gasteiger partial charge >= 0.3 is 11.3 Å². The average Bonchev–Trinajstić information content (AvgIpc) is 2.92. The number of anilines is 1. The highest BCUT2D eigenvalue weighted by molar-refractivity contribution is 9.10. The Balaban J connectivity index is 1.69. The van der Waals surface area contributed by atoms with Gasteiger partial charge in [-0.1, -0.05) is 83.5 Å². The van der Waals surface area contributed by atoms with E-state index in [0.717, 1.165) is 28.6 Å². The van der Waals surface area contributed by atoms with Crippen LogP contribution in [-0.4, -0.2) is 21.7 Å². The Morgan fingerprint density at radius 2 is 1.89 bits per heavy atom. The fourth-order valence-corrected chi connectivity index (χ4v) is 5.88. The van der Waals surface area contributed by atoms with Gasteiger partial charge < -0.3 is 4.74 Å². The minimum atomic E-state index is -0.728. The number of fused-ring (bicyclic) bond motifs is 3. The number of ether oxygens (including phenoxy) is 1. The standard InChI is InChI=1S/C29H27BrN4O3S/c1-3-4-16-38-29-31-27(36)26-22-12-8-9-13-24(22)33(19(2)35)28(34(26)32-29)23-17-21(30)14-15-25(23)37-18-20-10-6-5-7-11-20/h5-15,17,28H,3-4,16,18H2,1-2H3/p+1. The van der Waals surface area contributed by atoms with Gasteiger partial charge in [-0.05, 0) is 47.0 Å². The largest absolute Gasteiger partial charge is 0.488 e. The van der Waals surface area contributed by atoms with Crippen molar-refractivity contribution in [3.8, 4) is 17.0 Å². The minimum Gasteiger partial charge on any atom is -0.488 e. The number of benzene rings is 3. The maximum Gasteiger partial charge on any atom is 0.325 e. The summed E-state index contributed by atoms with van der Waals surface area (Å²) in [5, 5.41) is 5.40. The number of H-pyrrole nitrogens is 1. The Morgan fingerprint density at radius 1 is 1.13 bits per heavy atom. The van der Waals surface area contributed by atoms with E-state index < -0.39 is 6.17 Å². The topological polar surface area (TPSA) is 79.2 Å². The van der Waals surface area contributed by atoms with Crippen molar-refractivity contribution in [3.63, 3.8) is 0 Å². The molecule has 1 aliphatic rings. The van der Waals surface area contributed by atoms with Crippen LogP contribution in [0.15, 0.2) is 87.2 Å². The maximum absolute atomic E-state index is 13.5. The summed E-state index contributed by atoms with van der Waals surface area (Å²) in [6.45, 7) is 4.01. The van der Waals surface area contributed by atoms with Crippen LogP contribution in [-0.2, 0) is 11.4 Å². The number of hydrogen-bond donors (Lipinski definition) is 1. The van der Waals surface area contributed by atoms with E-state index in [1.54, 1.807) is 9.58 Å². The van der Waals surface area contributed by atoms with Crippen molar-refractivity contribution in [1.82, 2.24) is 10.1 Å². The van der Waals surface area contributed by atoms with Crippen LogP contribution in [0.1, 0.15) is 44.0 Å². The number of unbranched alkanes of at least 4 members (excludes halogenated alkanes) is 1. The van der Waals surface area contributed by atoms with Gasteiger partial charge in [0.2, 0.25) is 11.1 Å². The highest BCUT2D eigenvalue weighted by Crippen LogP contribution is 2.40. The number of amides is 1. The summed E-state index contributed by atoms with van der Waals surface area (Å²) in [5.74, 6) is 1.27. The van der Waals surface area contributed by atoms with E-state index in [1.807, 2.05) is 72.8 Å². The van der Waals surface area contributed by atoms with Crippen LogP contribution in [0.4, 0.5) is 5.69 Å². The smallest absolute Gasteiger partial charge is 0.325 e. The lowest BCUT2D eigenvalue weighted by Crippen LogP contribution is -2.60. The van der Waals surface area contributed by atoms with Gasteiger partial charge in [-0.15, -0.1) is 0 Å². The van der Waals surface area contributed by atoms with E-state index in [0.29, 0.717) is 40.0 Å². The number of aromatic nitrogens is 3. The Labute approximate surface area is 234 Å². The molecule has 0 radical (unpaired) electrons. The molecule has 1 aromatic heterocycles. The van der Waals surface area contributed by atoms with Gasteiger partial charge in [0.05, 0.1) is 16.8 Å². The number of carbonyl (C=O) groups is 1. The van der Waals surface area contributed by atoms with Crippen molar-refractivity contribution >= 4 is 39.3 Å². The highest BCUT2D eigenvalue weighted by atomic mass is 79.9. The lowest BCUT2D eigenvalue weighted by atomic mass is 10.0. The number of nitrogens with one attached hydrogen (secondary N) is 1. The Morgan fingerprint density at radius 3 is 2.66 bits per heavy atom. The molecule has 9 heteroatoms. The predicted octanol–water partition coefficient (Wildman–Crippen LogP) is 5.87. The molecule has 194 valence electrons. The molecule has 0 saturated carbocycles. The molecule has 0 spiro atoms. The van der Waals surface area contributed by atoms with E-state index in [1.165, 1.54) is 18.7 Å². The van der Waals surface area contributed by atoms with E-state index >= 15 is 0 Å². The molecule has 1 aliphatic heterocycles. The van der Waals surface area contributed by atoms with Gasteiger partial charge in [-0.25, -0.2) is 4.90 Å². The fraction of sp³-hybridized carbons (Fsp3) is 0.241. The third-order valence-electron chi connectivity index (χ3n) is 6.32. The summed E-state index contributed by atoms with van der Waals surface area (Å²) in [6, 6.07) is 23.1. The lowest BCUT2D eigenvalue weighted by molar-refractivity contribution is -0.763. The molecule has 1 unspecified atom stereocenters. The van der Waals surface area contributed by atoms with Crippen LogP contribution in [0.2, 0.25) is 0 Å². The van der Waals surface area contributed by atoms with E-state index in [9.17, 15) is 9.59 Å². The molecular weight excluding hydrogens is 564 g/mol. The molecular formula is C29H28BrN4O3S+. The van der Waals surface area contributed by atoms with E-state index in [-0.39, 0.29) is 11.5 Å². The van der Waals surface area contributed by atoms with Crippen molar-refractivity contribution in [3.05, 3.63) is 98.7 Å². The van der Waals surface area contributed by atoms with Crippen LogP contribution >= 0.6 is 27.7 Å². The average molecular weight is 593 g/mol. The molecule has 38 heavy (non-hydrogen) atoms. The Kier molecular flexibility index (Phi) is 7.95. The fourth-order valence-electron chi connectivity index (χ4n) is 4.56. The zero-order valence-corrected chi connectivity index (χ0v) is 23.6. The first kappa shape index (κ1) is 26.2. The summed E-state index contributed by atoms with van der Waals surface area (Å²) < 4.78 is 8.81. The Hall–Kier alpha value is -3.43. The third-order valence-corrected chi connectivity index (χ3v) is 7.76. The molecule has 0 aliphatic carbocycles. The molecule has 0 fully saturated rings. The summed E-state index contributed by atoms with van der Waals surface area (Å²) in [5.41, 5.74) is 3.19.